The molecule has 2 amide bonds. The summed E-state index contributed by atoms with van der Waals surface area (Å²) in [5.41, 5.74) is 4.64. The average Bonchev–Trinajstić information content (AvgIpc) is 3.53. The number of fused-ring (bicyclic) bond motifs is 1. The Hall–Kier alpha value is -4.98. The van der Waals surface area contributed by atoms with Crippen molar-refractivity contribution in [2.75, 3.05) is 31.1 Å². The van der Waals surface area contributed by atoms with E-state index in [4.69, 9.17) is 0 Å². The van der Waals surface area contributed by atoms with Crippen LogP contribution in [0.25, 0.3) is 11.0 Å². The first-order valence-electron chi connectivity index (χ1n) is 14.4. The predicted octanol–water partition coefficient (Wildman–Crippen LogP) is 5.45. The molecule has 1 aliphatic heterocycles. The molecule has 1 saturated heterocycles. The van der Waals surface area contributed by atoms with Crippen molar-refractivity contribution in [3.8, 4) is 0 Å². The van der Waals surface area contributed by atoms with E-state index in [1.165, 1.54) is 24.4 Å². The third-order valence-electron chi connectivity index (χ3n) is 8.26. The van der Waals surface area contributed by atoms with Gasteiger partial charge in [-0.15, -0.1) is 0 Å². The van der Waals surface area contributed by atoms with Gasteiger partial charge in [-0.05, 0) is 48.2 Å². The Kier molecular flexibility index (Phi) is 7.68. The summed E-state index contributed by atoms with van der Waals surface area (Å²) in [4.78, 5) is 41.5. The highest BCUT2D eigenvalue weighted by molar-refractivity contribution is 5.96. The highest BCUT2D eigenvalue weighted by Gasteiger charge is 2.39. The van der Waals surface area contributed by atoms with Crippen molar-refractivity contribution in [2.45, 2.75) is 25.2 Å². The average molecular weight is 559 g/mol. The maximum Gasteiger partial charge on any atom is 0.253 e. The van der Waals surface area contributed by atoms with E-state index in [2.05, 4.69) is 80.9 Å². The number of nitrogens with zero attached hydrogens (tertiary/aromatic N) is 4. The van der Waals surface area contributed by atoms with Crippen molar-refractivity contribution >= 4 is 34.4 Å². The number of aromatic nitrogens is 3. The molecule has 42 heavy (non-hydrogen) atoms. The Bertz CT molecular complexity index is 1630. The third kappa shape index (κ3) is 5.35. The monoisotopic (exact) mass is 558 g/mol. The number of carbonyl (C=O) groups is 2. The van der Waals surface area contributed by atoms with Gasteiger partial charge in [-0.2, -0.15) is 0 Å². The van der Waals surface area contributed by atoms with Crippen LogP contribution in [0.1, 0.15) is 41.3 Å². The Labute approximate surface area is 245 Å². The molecule has 1 fully saturated rings. The van der Waals surface area contributed by atoms with Crippen LogP contribution in [0.4, 0.5) is 11.5 Å². The van der Waals surface area contributed by atoms with Gasteiger partial charge in [-0.25, -0.2) is 9.97 Å². The van der Waals surface area contributed by atoms with E-state index in [0.717, 1.165) is 29.6 Å². The highest BCUT2D eigenvalue weighted by atomic mass is 16.2. The molecular weight excluding hydrogens is 524 g/mol. The number of H-pyrrole nitrogens is 1. The molecule has 3 heterocycles. The number of hydrogen-bond donors (Lipinski definition) is 2. The van der Waals surface area contributed by atoms with Gasteiger partial charge in [-0.3, -0.25) is 9.59 Å². The first kappa shape index (κ1) is 27.2. The van der Waals surface area contributed by atoms with E-state index in [-0.39, 0.29) is 17.2 Å². The van der Waals surface area contributed by atoms with Crippen molar-refractivity contribution < 1.29 is 9.59 Å². The van der Waals surface area contributed by atoms with Crippen molar-refractivity contribution in [1.82, 2.24) is 25.2 Å². The van der Waals surface area contributed by atoms with E-state index >= 15 is 0 Å². The van der Waals surface area contributed by atoms with Crippen LogP contribution in [0.5, 0.6) is 0 Å². The van der Waals surface area contributed by atoms with E-state index in [1.807, 2.05) is 46.3 Å². The van der Waals surface area contributed by atoms with Crippen molar-refractivity contribution in [3.63, 3.8) is 0 Å². The van der Waals surface area contributed by atoms with E-state index < -0.39 is 0 Å². The SMILES string of the molecule is CC(=O)NCCN(c1cccc(C(=O)N2CCC(c3ccccc3)(c3ccccc3)CC2)c1)c1ncnc2[nH]ccc12. The van der Waals surface area contributed by atoms with Gasteiger partial charge in [-0.1, -0.05) is 66.7 Å². The van der Waals surface area contributed by atoms with Crippen LogP contribution in [0.2, 0.25) is 0 Å². The summed E-state index contributed by atoms with van der Waals surface area (Å²) in [5.74, 6) is 0.632. The topological polar surface area (TPSA) is 94.2 Å². The maximum absolute atomic E-state index is 13.9. The summed E-state index contributed by atoms with van der Waals surface area (Å²) in [5, 5.41) is 3.74. The fourth-order valence-electron chi connectivity index (χ4n) is 6.11. The number of hydrogen-bond acceptors (Lipinski definition) is 5. The number of rotatable bonds is 8. The molecule has 0 atom stereocenters. The molecule has 0 spiro atoms. The highest BCUT2D eigenvalue weighted by Crippen LogP contribution is 2.42. The number of carbonyl (C=O) groups excluding carboxylic acids is 2. The quantitative estimate of drug-likeness (QED) is 0.264. The lowest BCUT2D eigenvalue weighted by Gasteiger charge is -2.43. The molecule has 2 N–H and O–H groups in total. The largest absolute Gasteiger partial charge is 0.355 e. The van der Waals surface area contributed by atoms with Crippen LogP contribution in [-0.4, -0.2) is 57.8 Å². The number of amides is 2. The Balaban J connectivity index is 1.26. The fourth-order valence-corrected chi connectivity index (χ4v) is 6.11. The predicted molar refractivity (Wildman–Crippen MR) is 165 cm³/mol. The Morgan fingerprint density at radius 3 is 2.26 bits per heavy atom. The van der Waals surface area contributed by atoms with Gasteiger partial charge in [0.25, 0.3) is 5.91 Å². The number of anilines is 2. The minimum absolute atomic E-state index is 0.0165. The summed E-state index contributed by atoms with van der Waals surface area (Å²) < 4.78 is 0. The van der Waals surface area contributed by atoms with Gasteiger partial charge >= 0.3 is 0 Å². The molecule has 8 heteroatoms. The minimum atomic E-state index is -0.128. The third-order valence-corrected chi connectivity index (χ3v) is 8.26. The molecule has 2 aromatic heterocycles. The Morgan fingerprint density at radius 2 is 1.60 bits per heavy atom. The minimum Gasteiger partial charge on any atom is -0.355 e. The number of piperidine rings is 1. The van der Waals surface area contributed by atoms with Crippen molar-refractivity contribution in [1.29, 1.82) is 0 Å². The van der Waals surface area contributed by atoms with Gasteiger partial charge in [0.1, 0.15) is 17.8 Å². The number of aromatic amines is 1. The second-order valence-electron chi connectivity index (χ2n) is 10.7. The number of likely N-dealkylation sites (tertiary alicyclic amines) is 1. The van der Waals surface area contributed by atoms with Gasteiger partial charge in [0, 0.05) is 56.0 Å². The molecular formula is C34H34N6O2. The summed E-state index contributed by atoms with van der Waals surface area (Å²) in [7, 11) is 0. The van der Waals surface area contributed by atoms with Crippen molar-refractivity contribution in [3.05, 3.63) is 120 Å². The summed E-state index contributed by atoms with van der Waals surface area (Å²) in [6, 6.07) is 30.9. The van der Waals surface area contributed by atoms with Crippen LogP contribution in [0.15, 0.2) is 104 Å². The zero-order valence-electron chi connectivity index (χ0n) is 23.7. The van der Waals surface area contributed by atoms with Gasteiger partial charge < -0.3 is 20.1 Å². The molecule has 0 unspecified atom stereocenters. The molecule has 212 valence electrons. The first-order valence-corrected chi connectivity index (χ1v) is 14.4. The lowest BCUT2D eigenvalue weighted by atomic mass is 9.68. The summed E-state index contributed by atoms with van der Waals surface area (Å²) in [6.45, 7) is 3.73. The summed E-state index contributed by atoms with van der Waals surface area (Å²) >= 11 is 0. The molecule has 0 aliphatic carbocycles. The second-order valence-corrected chi connectivity index (χ2v) is 10.7. The van der Waals surface area contributed by atoms with Crippen LogP contribution in [0, 0.1) is 0 Å². The fraction of sp³-hybridized carbons (Fsp3) is 0.235. The smallest absolute Gasteiger partial charge is 0.253 e. The molecule has 5 aromatic rings. The molecule has 6 rings (SSSR count). The maximum atomic E-state index is 13.9. The second kappa shape index (κ2) is 11.9. The molecule has 0 radical (unpaired) electrons. The molecule has 1 aliphatic rings. The van der Waals surface area contributed by atoms with Gasteiger partial charge in [0.2, 0.25) is 5.91 Å². The lowest BCUT2D eigenvalue weighted by Crippen LogP contribution is -2.45. The van der Waals surface area contributed by atoms with Crippen LogP contribution in [-0.2, 0) is 10.2 Å². The van der Waals surface area contributed by atoms with Gasteiger partial charge in [0.05, 0.1) is 5.39 Å². The van der Waals surface area contributed by atoms with Crippen LogP contribution in [0.3, 0.4) is 0 Å². The molecule has 0 saturated carbocycles. The molecule has 8 nitrogen and oxygen atoms in total. The Morgan fingerprint density at radius 1 is 0.905 bits per heavy atom. The lowest BCUT2D eigenvalue weighted by molar-refractivity contribution is -0.118. The zero-order valence-corrected chi connectivity index (χ0v) is 23.7. The summed E-state index contributed by atoms with van der Waals surface area (Å²) in [6.07, 6.45) is 5.05. The van der Waals surface area contributed by atoms with E-state index in [9.17, 15) is 9.59 Å². The van der Waals surface area contributed by atoms with Crippen LogP contribution >= 0.6 is 0 Å². The number of benzene rings is 3. The van der Waals surface area contributed by atoms with E-state index in [1.54, 1.807) is 0 Å². The first-order chi connectivity index (χ1) is 20.5. The number of nitrogens with one attached hydrogen (secondary N) is 2. The van der Waals surface area contributed by atoms with E-state index in [0.29, 0.717) is 37.6 Å². The zero-order chi connectivity index (χ0) is 28.9. The van der Waals surface area contributed by atoms with Gasteiger partial charge in [0.15, 0.2) is 0 Å². The molecule has 0 bridgehead atoms. The van der Waals surface area contributed by atoms with Crippen LogP contribution < -0.4 is 10.2 Å². The van der Waals surface area contributed by atoms with Crippen molar-refractivity contribution in [2.24, 2.45) is 0 Å². The normalized spacial score (nSPS) is 14.5. The molecule has 3 aromatic carbocycles. The standard InChI is InChI=1S/C34H34N6O2/c1-25(41)35-19-22-40(32-30-15-18-36-31(30)37-24-38-32)29-14-8-9-26(23-29)33(42)39-20-16-34(17-21-39,27-10-4-2-5-11-27)28-12-6-3-7-13-28/h2-15,18,23-24H,16-17,19-22H2,1H3,(H,35,41)(H,36,37,38).